The normalized spacial score (nSPS) is 11.3. The van der Waals surface area contributed by atoms with Gasteiger partial charge in [-0.15, -0.1) is 0 Å². The van der Waals surface area contributed by atoms with Gasteiger partial charge in [-0.25, -0.2) is 8.42 Å². The minimum atomic E-state index is -3.68. The van der Waals surface area contributed by atoms with Crippen LogP contribution in [-0.4, -0.2) is 8.42 Å². The highest BCUT2D eigenvalue weighted by atomic mass is 79.9. The Morgan fingerprint density at radius 2 is 1.53 bits per heavy atom. The van der Waals surface area contributed by atoms with E-state index in [1.165, 1.54) is 6.07 Å². The predicted octanol–water partition coefficient (Wildman–Crippen LogP) is 3.59. The van der Waals surface area contributed by atoms with Crippen molar-refractivity contribution in [1.29, 1.82) is 0 Å². The molecule has 100 valence electrons. The molecule has 3 N–H and O–H groups in total. The average Bonchev–Trinajstić information content (AvgIpc) is 2.31. The molecule has 0 saturated carbocycles. The van der Waals surface area contributed by atoms with Gasteiger partial charge in [0, 0.05) is 14.6 Å². The Labute approximate surface area is 128 Å². The Morgan fingerprint density at radius 3 is 2.11 bits per heavy atom. The predicted molar refractivity (Wildman–Crippen MR) is 83.5 cm³/mol. The fraction of sp³-hybridized carbons (Fsp3) is 0. The Bertz CT molecular complexity index is 700. The molecule has 2 aromatic carbocycles. The zero-order valence-electron chi connectivity index (χ0n) is 9.60. The summed E-state index contributed by atoms with van der Waals surface area (Å²) in [5.41, 5.74) is 6.40. The van der Waals surface area contributed by atoms with Gasteiger partial charge in [-0.2, -0.15) is 0 Å². The molecule has 2 rings (SSSR count). The maximum absolute atomic E-state index is 12.2. The number of benzene rings is 2. The van der Waals surface area contributed by atoms with E-state index in [9.17, 15) is 8.42 Å². The summed E-state index contributed by atoms with van der Waals surface area (Å²) in [6.07, 6.45) is 0. The standard InChI is InChI=1S/C12H10Br2N2O2S/c13-8-1-4-10(5-2-8)16-19(17,18)12-6-3-9(14)7-11(12)15/h1-7,16H,15H2. The molecule has 19 heavy (non-hydrogen) atoms. The summed E-state index contributed by atoms with van der Waals surface area (Å²) in [6, 6.07) is 11.5. The zero-order chi connectivity index (χ0) is 14.0. The van der Waals surface area contributed by atoms with Crippen molar-refractivity contribution in [2.24, 2.45) is 0 Å². The molecule has 0 saturated heterocycles. The van der Waals surface area contributed by atoms with E-state index in [0.29, 0.717) is 5.69 Å². The second-order valence-electron chi connectivity index (χ2n) is 3.79. The van der Waals surface area contributed by atoms with E-state index in [-0.39, 0.29) is 10.6 Å². The van der Waals surface area contributed by atoms with Crippen LogP contribution in [0, 0.1) is 0 Å². The van der Waals surface area contributed by atoms with Gasteiger partial charge in [-0.05, 0) is 42.5 Å². The van der Waals surface area contributed by atoms with Gasteiger partial charge in [0.1, 0.15) is 4.90 Å². The lowest BCUT2D eigenvalue weighted by Crippen LogP contribution is -2.14. The van der Waals surface area contributed by atoms with E-state index in [1.807, 2.05) is 0 Å². The van der Waals surface area contributed by atoms with Gasteiger partial charge >= 0.3 is 0 Å². The Morgan fingerprint density at radius 1 is 0.947 bits per heavy atom. The van der Waals surface area contributed by atoms with Gasteiger partial charge in [0.25, 0.3) is 10.0 Å². The summed E-state index contributed by atoms with van der Waals surface area (Å²) in [6.45, 7) is 0. The third-order valence-corrected chi connectivity index (χ3v) is 4.83. The fourth-order valence-electron chi connectivity index (χ4n) is 1.49. The lowest BCUT2D eigenvalue weighted by Gasteiger charge is -2.10. The molecule has 0 amide bonds. The molecule has 0 aliphatic heterocycles. The monoisotopic (exact) mass is 404 g/mol. The SMILES string of the molecule is Nc1cc(Br)ccc1S(=O)(=O)Nc1ccc(Br)cc1. The number of hydrogen-bond donors (Lipinski definition) is 2. The number of rotatable bonds is 3. The molecular formula is C12H10Br2N2O2S. The molecule has 4 nitrogen and oxygen atoms in total. The molecule has 7 heteroatoms. The van der Waals surface area contributed by atoms with Crippen LogP contribution in [0.5, 0.6) is 0 Å². The van der Waals surface area contributed by atoms with Crippen molar-refractivity contribution in [3.8, 4) is 0 Å². The van der Waals surface area contributed by atoms with E-state index in [0.717, 1.165) is 8.95 Å². The number of nitrogens with one attached hydrogen (secondary N) is 1. The van der Waals surface area contributed by atoms with Crippen molar-refractivity contribution in [2.75, 3.05) is 10.5 Å². The molecule has 0 heterocycles. The first kappa shape index (κ1) is 14.4. The van der Waals surface area contributed by atoms with Crippen LogP contribution in [0.25, 0.3) is 0 Å². The van der Waals surface area contributed by atoms with Crippen molar-refractivity contribution < 1.29 is 8.42 Å². The van der Waals surface area contributed by atoms with Crippen LogP contribution in [-0.2, 0) is 10.0 Å². The first-order valence-electron chi connectivity index (χ1n) is 5.22. The first-order valence-corrected chi connectivity index (χ1v) is 8.29. The second-order valence-corrected chi connectivity index (χ2v) is 7.28. The van der Waals surface area contributed by atoms with Gasteiger partial charge in [-0.1, -0.05) is 31.9 Å². The van der Waals surface area contributed by atoms with E-state index in [4.69, 9.17) is 5.73 Å². The average molecular weight is 406 g/mol. The van der Waals surface area contributed by atoms with Gasteiger partial charge in [-0.3, -0.25) is 4.72 Å². The van der Waals surface area contributed by atoms with Gasteiger partial charge in [0.15, 0.2) is 0 Å². The minimum absolute atomic E-state index is 0.0543. The fourth-order valence-corrected chi connectivity index (χ4v) is 3.31. The molecule has 0 aromatic heterocycles. The molecule has 0 aliphatic rings. The summed E-state index contributed by atoms with van der Waals surface area (Å²) in [5, 5.41) is 0. The molecule has 0 atom stereocenters. The smallest absolute Gasteiger partial charge is 0.263 e. The number of halogens is 2. The van der Waals surface area contributed by atoms with E-state index in [1.54, 1.807) is 36.4 Å². The third-order valence-electron chi connectivity index (χ3n) is 2.36. The molecule has 2 aromatic rings. The summed E-state index contributed by atoms with van der Waals surface area (Å²) < 4.78 is 28.5. The van der Waals surface area contributed by atoms with Crippen LogP contribution in [0.1, 0.15) is 0 Å². The van der Waals surface area contributed by atoms with E-state index >= 15 is 0 Å². The van der Waals surface area contributed by atoms with Crippen molar-refractivity contribution >= 4 is 53.3 Å². The van der Waals surface area contributed by atoms with Gasteiger partial charge in [0.2, 0.25) is 0 Å². The van der Waals surface area contributed by atoms with Crippen molar-refractivity contribution in [2.45, 2.75) is 4.90 Å². The van der Waals surface area contributed by atoms with Crippen LogP contribution >= 0.6 is 31.9 Å². The molecule has 0 bridgehead atoms. The first-order chi connectivity index (χ1) is 8.88. The van der Waals surface area contributed by atoms with Gasteiger partial charge in [0.05, 0.1) is 5.69 Å². The minimum Gasteiger partial charge on any atom is -0.398 e. The number of nitrogen functional groups attached to an aromatic ring is 1. The number of sulfonamides is 1. The van der Waals surface area contributed by atoms with Crippen LogP contribution < -0.4 is 10.5 Å². The number of hydrogen-bond acceptors (Lipinski definition) is 3. The summed E-state index contributed by atoms with van der Waals surface area (Å²) in [7, 11) is -3.68. The van der Waals surface area contributed by atoms with E-state index in [2.05, 4.69) is 36.6 Å². The van der Waals surface area contributed by atoms with Gasteiger partial charge < -0.3 is 5.73 Å². The summed E-state index contributed by atoms with van der Waals surface area (Å²) in [5.74, 6) is 0. The largest absolute Gasteiger partial charge is 0.398 e. The lowest BCUT2D eigenvalue weighted by atomic mass is 10.3. The molecule has 0 radical (unpaired) electrons. The summed E-state index contributed by atoms with van der Waals surface area (Å²) in [4.78, 5) is 0.0543. The molecule has 0 spiro atoms. The molecule has 0 unspecified atom stereocenters. The maximum atomic E-state index is 12.2. The van der Waals surface area contributed by atoms with Crippen molar-refractivity contribution in [1.82, 2.24) is 0 Å². The van der Waals surface area contributed by atoms with Crippen LogP contribution in [0.3, 0.4) is 0 Å². The number of anilines is 2. The molecule has 0 fully saturated rings. The van der Waals surface area contributed by atoms with E-state index < -0.39 is 10.0 Å². The Kier molecular flexibility index (Phi) is 4.17. The zero-order valence-corrected chi connectivity index (χ0v) is 13.6. The van der Waals surface area contributed by atoms with Crippen LogP contribution in [0.15, 0.2) is 56.3 Å². The highest BCUT2D eigenvalue weighted by Crippen LogP contribution is 2.25. The summed E-state index contributed by atoms with van der Waals surface area (Å²) >= 11 is 6.52. The lowest BCUT2D eigenvalue weighted by molar-refractivity contribution is 0.601. The van der Waals surface area contributed by atoms with Crippen molar-refractivity contribution in [3.05, 3.63) is 51.4 Å². The third kappa shape index (κ3) is 3.49. The Balaban J connectivity index is 2.35. The highest BCUT2D eigenvalue weighted by Gasteiger charge is 2.17. The molecule has 0 aliphatic carbocycles. The molecular weight excluding hydrogens is 396 g/mol. The quantitative estimate of drug-likeness (QED) is 0.766. The van der Waals surface area contributed by atoms with Crippen molar-refractivity contribution in [3.63, 3.8) is 0 Å². The maximum Gasteiger partial charge on any atom is 0.263 e. The highest BCUT2D eigenvalue weighted by molar-refractivity contribution is 9.10. The van der Waals surface area contributed by atoms with Crippen LogP contribution in [0.2, 0.25) is 0 Å². The topological polar surface area (TPSA) is 72.2 Å². The second kappa shape index (κ2) is 5.52. The number of nitrogens with two attached hydrogens (primary N) is 1. The van der Waals surface area contributed by atoms with Crippen LogP contribution in [0.4, 0.5) is 11.4 Å². The Hall–Kier alpha value is -1.05.